The van der Waals surface area contributed by atoms with Crippen molar-refractivity contribution in [3.63, 3.8) is 0 Å². The molecule has 0 saturated carbocycles. The molecule has 0 bridgehead atoms. The van der Waals surface area contributed by atoms with Crippen molar-refractivity contribution < 1.29 is 0 Å². The fourth-order valence-corrected chi connectivity index (χ4v) is 1.87. The Morgan fingerprint density at radius 1 is 1.33 bits per heavy atom. The lowest BCUT2D eigenvalue weighted by molar-refractivity contribution is 0.836. The molecule has 0 aliphatic carbocycles. The van der Waals surface area contributed by atoms with Crippen molar-refractivity contribution in [2.75, 3.05) is 5.73 Å². The van der Waals surface area contributed by atoms with Gasteiger partial charge in [-0.3, -0.25) is 0 Å². The third-order valence-corrected chi connectivity index (χ3v) is 2.54. The van der Waals surface area contributed by atoms with Gasteiger partial charge in [-0.2, -0.15) is 5.10 Å². The van der Waals surface area contributed by atoms with E-state index in [1.165, 1.54) is 0 Å². The molecule has 0 spiro atoms. The standard InChI is InChI=1S/C11H12ClN3/c1-7-6-8(2)15(14-7)11-9(12)4-3-5-10(11)13/h3-6H,13H2,1-2H3. The Kier molecular flexibility index (Phi) is 2.40. The van der Waals surface area contributed by atoms with Gasteiger partial charge in [0, 0.05) is 5.69 Å². The van der Waals surface area contributed by atoms with Crippen LogP contribution in [0.5, 0.6) is 0 Å². The van der Waals surface area contributed by atoms with Crippen molar-refractivity contribution in [1.29, 1.82) is 0 Å². The molecule has 0 radical (unpaired) electrons. The molecular formula is C11H12ClN3. The van der Waals surface area contributed by atoms with Crippen LogP contribution in [0.4, 0.5) is 5.69 Å². The molecule has 0 aliphatic heterocycles. The van der Waals surface area contributed by atoms with Crippen molar-refractivity contribution in [3.8, 4) is 5.69 Å². The summed E-state index contributed by atoms with van der Waals surface area (Å²) in [7, 11) is 0. The molecule has 1 aromatic carbocycles. The second-order valence-corrected chi connectivity index (χ2v) is 3.92. The second-order valence-electron chi connectivity index (χ2n) is 3.52. The van der Waals surface area contributed by atoms with Crippen LogP contribution in [0.2, 0.25) is 5.02 Å². The van der Waals surface area contributed by atoms with Gasteiger partial charge in [0.1, 0.15) is 5.69 Å². The van der Waals surface area contributed by atoms with E-state index in [4.69, 9.17) is 17.3 Å². The van der Waals surface area contributed by atoms with Gasteiger partial charge < -0.3 is 5.73 Å². The molecule has 0 fully saturated rings. The summed E-state index contributed by atoms with van der Waals surface area (Å²) in [6.07, 6.45) is 0. The van der Waals surface area contributed by atoms with Crippen LogP contribution in [0.3, 0.4) is 0 Å². The minimum Gasteiger partial charge on any atom is -0.397 e. The number of nitrogen functional groups attached to an aromatic ring is 1. The van der Waals surface area contributed by atoms with Gasteiger partial charge in [-0.1, -0.05) is 17.7 Å². The maximum Gasteiger partial charge on any atom is 0.106 e. The molecule has 2 aromatic rings. The number of hydrogen-bond acceptors (Lipinski definition) is 2. The highest BCUT2D eigenvalue weighted by Gasteiger charge is 2.10. The summed E-state index contributed by atoms with van der Waals surface area (Å²) in [6, 6.07) is 7.44. The minimum absolute atomic E-state index is 0.612. The van der Waals surface area contributed by atoms with E-state index >= 15 is 0 Å². The van der Waals surface area contributed by atoms with E-state index in [1.807, 2.05) is 38.1 Å². The Bertz CT molecular complexity index is 482. The molecule has 2 N–H and O–H groups in total. The third kappa shape index (κ3) is 1.70. The Hall–Kier alpha value is -1.48. The minimum atomic E-state index is 0.612. The number of halogens is 1. The summed E-state index contributed by atoms with van der Waals surface area (Å²) in [5.74, 6) is 0. The van der Waals surface area contributed by atoms with Gasteiger partial charge in [-0.05, 0) is 32.0 Å². The summed E-state index contributed by atoms with van der Waals surface area (Å²) in [5.41, 5.74) is 9.25. The number of rotatable bonds is 1. The topological polar surface area (TPSA) is 43.8 Å². The fraction of sp³-hybridized carbons (Fsp3) is 0.182. The molecule has 0 unspecified atom stereocenters. The number of nitrogens with two attached hydrogens (primary N) is 1. The van der Waals surface area contributed by atoms with Gasteiger partial charge in [0.2, 0.25) is 0 Å². The van der Waals surface area contributed by atoms with Gasteiger partial charge in [-0.25, -0.2) is 4.68 Å². The number of nitrogens with zero attached hydrogens (tertiary/aromatic N) is 2. The zero-order chi connectivity index (χ0) is 11.0. The quantitative estimate of drug-likeness (QED) is 0.753. The van der Waals surface area contributed by atoms with Gasteiger partial charge >= 0.3 is 0 Å². The molecule has 0 saturated heterocycles. The van der Waals surface area contributed by atoms with E-state index in [1.54, 1.807) is 4.68 Å². The van der Waals surface area contributed by atoms with Crippen molar-refractivity contribution in [3.05, 3.63) is 40.7 Å². The number of para-hydroxylation sites is 1. The summed E-state index contributed by atoms with van der Waals surface area (Å²) in [6.45, 7) is 3.92. The Labute approximate surface area is 93.5 Å². The highest BCUT2D eigenvalue weighted by atomic mass is 35.5. The smallest absolute Gasteiger partial charge is 0.106 e. The molecular weight excluding hydrogens is 210 g/mol. The summed E-state index contributed by atoms with van der Waals surface area (Å²) in [4.78, 5) is 0. The lowest BCUT2D eigenvalue weighted by Gasteiger charge is -2.09. The first-order chi connectivity index (χ1) is 7.09. The predicted molar refractivity (Wildman–Crippen MR) is 62.5 cm³/mol. The first kappa shape index (κ1) is 10.1. The average molecular weight is 222 g/mol. The van der Waals surface area contributed by atoms with E-state index in [0.29, 0.717) is 10.7 Å². The third-order valence-electron chi connectivity index (χ3n) is 2.24. The predicted octanol–water partition coefficient (Wildman–Crippen LogP) is 2.72. The molecule has 4 heteroatoms. The maximum atomic E-state index is 6.10. The Balaban J connectivity index is 2.68. The van der Waals surface area contributed by atoms with Gasteiger partial charge in [0.25, 0.3) is 0 Å². The zero-order valence-electron chi connectivity index (χ0n) is 8.66. The number of anilines is 1. The van der Waals surface area contributed by atoms with E-state index in [0.717, 1.165) is 17.1 Å². The largest absolute Gasteiger partial charge is 0.397 e. The molecule has 1 heterocycles. The fourth-order valence-electron chi connectivity index (χ4n) is 1.61. The summed E-state index contributed by atoms with van der Waals surface area (Å²) in [5, 5.41) is 4.97. The Morgan fingerprint density at radius 3 is 2.60 bits per heavy atom. The maximum absolute atomic E-state index is 6.10. The SMILES string of the molecule is Cc1cc(C)n(-c2c(N)cccc2Cl)n1. The monoisotopic (exact) mass is 221 g/mol. The van der Waals surface area contributed by atoms with E-state index in [2.05, 4.69) is 5.10 Å². The van der Waals surface area contributed by atoms with Crippen LogP contribution < -0.4 is 5.73 Å². The van der Waals surface area contributed by atoms with Crippen LogP contribution in [0.1, 0.15) is 11.4 Å². The zero-order valence-corrected chi connectivity index (χ0v) is 9.42. The van der Waals surface area contributed by atoms with Crippen molar-refractivity contribution in [2.24, 2.45) is 0 Å². The molecule has 1 aromatic heterocycles. The number of aromatic nitrogens is 2. The van der Waals surface area contributed by atoms with Crippen LogP contribution in [0.25, 0.3) is 5.69 Å². The lowest BCUT2D eigenvalue weighted by Crippen LogP contribution is -2.04. The number of hydrogen-bond donors (Lipinski definition) is 1. The molecule has 2 rings (SSSR count). The number of benzene rings is 1. The Morgan fingerprint density at radius 2 is 2.07 bits per heavy atom. The van der Waals surface area contributed by atoms with Gasteiger partial charge in [0.15, 0.2) is 0 Å². The molecule has 3 nitrogen and oxygen atoms in total. The molecule has 78 valence electrons. The molecule has 0 aliphatic rings. The first-order valence-corrected chi connectivity index (χ1v) is 5.05. The van der Waals surface area contributed by atoms with Crippen LogP contribution in [0, 0.1) is 13.8 Å². The normalized spacial score (nSPS) is 10.6. The lowest BCUT2D eigenvalue weighted by atomic mass is 10.2. The van der Waals surface area contributed by atoms with E-state index < -0.39 is 0 Å². The van der Waals surface area contributed by atoms with Crippen molar-refractivity contribution >= 4 is 17.3 Å². The number of aryl methyl sites for hydroxylation is 2. The molecule has 15 heavy (non-hydrogen) atoms. The summed E-state index contributed by atoms with van der Waals surface area (Å²) >= 11 is 6.10. The first-order valence-electron chi connectivity index (χ1n) is 4.67. The van der Waals surface area contributed by atoms with Crippen LogP contribution in [-0.2, 0) is 0 Å². The second kappa shape index (κ2) is 3.59. The van der Waals surface area contributed by atoms with E-state index in [-0.39, 0.29) is 0 Å². The average Bonchev–Trinajstić information content (AvgIpc) is 2.45. The molecule has 0 amide bonds. The highest BCUT2D eigenvalue weighted by molar-refractivity contribution is 6.32. The van der Waals surface area contributed by atoms with Gasteiger partial charge in [-0.15, -0.1) is 0 Å². The van der Waals surface area contributed by atoms with Crippen LogP contribution >= 0.6 is 11.6 Å². The van der Waals surface area contributed by atoms with Crippen LogP contribution in [-0.4, -0.2) is 9.78 Å². The molecule has 0 atom stereocenters. The highest BCUT2D eigenvalue weighted by Crippen LogP contribution is 2.27. The van der Waals surface area contributed by atoms with Crippen molar-refractivity contribution in [1.82, 2.24) is 9.78 Å². The van der Waals surface area contributed by atoms with Crippen LogP contribution in [0.15, 0.2) is 24.3 Å². The van der Waals surface area contributed by atoms with Crippen molar-refractivity contribution in [2.45, 2.75) is 13.8 Å². The summed E-state index contributed by atoms with van der Waals surface area (Å²) < 4.78 is 1.77. The van der Waals surface area contributed by atoms with Gasteiger partial charge in [0.05, 0.1) is 16.4 Å². The van der Waals surface area contributed by atoms with E-state index in [9.17, 15) is 0 Å².